The van der Waals surface area contributed by atoms with E-state index in [1.165, 1.54) is 30.9 Å². The first-order valence-corrected chi connectivity index (χ1v) is 18.6. The van der Waals surface area contributed by atoms with Crippen LogP contribution in [0.25, 0.3) is 0 Å². The summed E-state index contributed by atoms with van der Waals surface area (Å²) in [6.45, 7) is 12.6. The molecule has 1 saturated heterocycles. The van der Waals surface area contributed by atoms with Crippen LogP contribution in [0.1, 0.15) is 114 Å². The van der Waals surface area contributed by atoms with Crippen molar-refractivity contribution in [3.63, 3.8) is 0 Å². The van der Waals surface area contributed by atoms with Crippen molar-refractivity contribution in [2.45, 2.75) is 98.1 Å². The minimum absolute atomic E-state index is 0.0349. The molecule has 1 aliphatic carbocycles. The number of fused-ring (bicyclic) bond motifs is 1. The minimum Gasteiger partial charge on any atom is -0.484 e. The van der Waals surface area contributed by atoms with E-state index in [0.29, 0.717) is 46.6 Å². The maximum absolute atomic E-state index is 11.8. The summed E-state index contributed by atoms with van der Waals surface area (Å²) in [6.07, 6.45) is 10.1. The number of nitrogens with two attached hydrogens (primary N) is 1. The molecule has 3 atom stereocenters. The summed E-state index contributed by atoms with van der Waals surface area (Å²) in [4.78, 5) is 29.8. The molecule has 0 radical (unpaired) electrons. The molecule has 1 aliphatic heterocycles. The van der Waals surface area contributed by atoms with E-state index in [1.807, 2.05) is 33.0 Å². The van der Waals surface area contributed by atoms with Crippen LogP contribution in [0.5, 0.6) is 5.75 Å². The highest BCUT2D eigenvalue weighted by molar-refractivity contribution is 6.05. The van der Waals surface area contributed by atoms with Gasteiger partial charge >= 0.3 is 5.97 Å². The average Bonchev–Trinajstić information content (AvgIpc) is 3.55. The van der Waals surface area contributed by atoms with Gasteiger partial charge in [-0.1, -0.05) is 64.4 Å². The summed E-state index contributed by atoms with van der Waals surface area (Å²) >= 11 is 0. The molecule has 53 heavy (non-hydrogen) atoms. The highest BCUT2D eigenvalue weighted by atomic mass is 16.5. The second kappa shape index (κ2) is 18.6. The fraction of sp³-hybridized carbons (Fsp3) is 0.452. The van der Waals surface area contributed by atoms with Crippen LogP contribution >= 0.6 is 0 Å². The predicted molar refractivity (Wildman–Crippen MR) is 211 cm³/mol. The zero-order valence-corrected chi connectivity index (χ0v) is 32.4. The average molecular weight is 724 g/mol. The van der Waals surface area contributed by atoms with Gasteiger partial charge in [-0.3, -0.25) is 25.1 Å². The molecule has 2 aromatic carbocycles. The van der Waals surface area contributed by atoms with Crippen molar-refractivity contribution in [1.29, 1.82) is 10.8 Å². The number of rotatable bonds is 9. The topological polar surface area (TPSA) is 159 Å². The summed E-state index contributed by atoms with van der Waals surface area (Å²) < 4.78 is 13.1. The summed E-state index contributed by atoms with van der Waals surface area (Å²) in [5.41, 5.74) is 10.3. The van der Waals surface area contributed by atoms with E-state index in [2.05, 4.69) is 53.4 Å². The highest BCUT2D eigenvalue weighted by Gasteiger charge is 2.29. The van der Waals surface area contributed by atoms with Crippen LogP contribution in [-0.4, -0.2) is 59.3 Å². The Bertz CT molecular complexity index is 1870. The van der Waals surface area contributed by atoms with E-state index >= 15 is 0 Å². The number of carbonyl (C=O) groups is 2. The molecule has 1 aromatic heterocycles. The second-order valence-electron chi connectivity index (χ2n) is 14.7. The van der Waals surface area contributed by atoms with Crippen molar-refractivity contribution in [2.75, 3.05) is 20.2 Å². The van der Waals surface area contributed by atoms with Crippen LogP contribution in [0.15, 0.2) is 83.6 Å². The molecule has 1 fully saturated rings. The Balaban J connectivity index is 0.000000242. The van der Waals surface area contributed by atoms with Gasteiger partial charge in [0.05, 0.1) is 30.1 Å². The second-order valence-corrected chi connectivity index (χ2v) is 14.7. The molecule has 3 aromatic rings. The summed E-state index contributed by atoms with van der Waals surface area (Å²) in [5, 5.41) is 19.6. The van der Waals surface area contributed by atoms with Crippen LogP contribution < -0.4 is 21.3 Å². The number of ether oxygens (including phenoxy) is 2. The Morgan fingerprint density at radius 3 is 2.42 bits per heavy atom. The number of aliphatic imine (C=N–C) groups is 1. The van der Waals surface area contributed by atoms with Crippen molar-refractivity contribution in [2.24, 2.45) is 16.1 Å². The Hall–Kier alpha value is -5.03. The number of allylic oxidation sites excluding steroid dienone is 1. The fourth-order valence-corrected chi connectivity index (χ4v) is 6.64. The predicted octanol–water partition coefficient (Wildman–Crippen LogP) is 7.60. The first-order valence-electron chi connectivity index (χ1n) is 18.6. The van der Waals surface area contributed by atoms with Crippen molar-refractivity contribution in [3.05, 3.63) is 101 Å². The van der Waals surface area contributed by atoms with E-state index in [9.17, 15) is 9.59 Å². The number of carbonyl (C=O) groups excluding carboxylic acids is 2. The van der Waals surface area contributed by atoms with Crippen LogP contribution in [0.3, 0.4) is 0 Å². The van der Waals surface area contributed by atoms with Gasteiger partial charge in [0, 0.05) is 24.1 Å². The third-order valence-electron chi connectivity index (χ3n) is 9.56. The molecule has 0 saturated carbocycles. The van der Waals surface area contributed by atoms with Gasteiger partial charge in [-0.15, -0.1) is 0 Å². The number of pyridine rings is 1. The SMILES string of the molecule is CCC[C@H]1CC[C@@H](Oc2ccc(=N)n(C(=N)[C@@H]3CCCN3C)c2)c2ccccc21.CCOC(=O)c1cccc(N=C(/C=C(\N)C(C)(C)C)NC(C)=O)c1. The molecule has 0 bridgehead atoms. The standard InChI is InChI=1S/C24H32N4O.C18H25N3O3/c1-3-7-17-11-13-22(20-9-5-4-8-19(17)20)29-18-12-14-23(25)28(16-18)24(26)21-10-6-15-27(21)2;1-6-24-17(23)13-8-7-9-14(10-13)21-16(20-12(2)22)11-15(19)18(3,4)5/h4-5,8-9,12,14,16-17,21-22,25-26H,3,6-7,10-11,13,15H2,1-2H3;7-11H,6,19H2,1-5H3,(H,20,21,22)/b;15-11-/t17-,21-,22+;/m0./s1. The Morgan fingerprint density at radius 2 is 1.77 bits per heavy atom. The van der Waals surface area contributed by atoms with Gasteiger partial charge in [-0.25, -0.2) is 9.79 Å². The van der Waals surface area contributed by atoms with E-state index in [0.717, 1.165) is 38.0 Å². The molecule has 0 unspecified atom stereocenters. The van der Waals surface area contributed by atoms with Gasteiger partial charge in [-0.2, -0.15) is 0 Å². The van der Waals surface area contributed by atoms with Crippen molar-refractivity contribution in [1.82, 2.24) is 14.8 Å². The first kappa shape index (κ1) is 40.7. The van der Waals surface area contributed by atoms with Crippen molar-refractivity contribution < 1.29 is 19.1 Å². The number of likely N-dealkylation sites (tertiary alicyclic amines) is 1. The number of hydrogen-bond donors (Lipinski definition) is 4. The highest BCUT2D eigenvalue weighted by Crippen LogP contribution is 2.41. The Morgan fingerprint density at radius 1 is 1.04 bits per heavy atom. The molecule has 284 valence electrons. The molecule has 11 heteroatoms. The quantitative estimate of drug-likeness (QED) is 0.101. The first-order chi connectivity index (χ1) is 25.2. The maximum atomic E-state index is 11.8. The largest absolute Gasteiger partial charge is 0.484 e. The van der Waals surface area contributed by atoms with E-state index < -0.39 is 5.97 Å². The zero-order valence-electron chi connectivity index (χ0n) is 32.4. The molecular weight excluding hydrogens is 667 g/mol. The molecule has 5 rings (SSSR count). The van der Waals surface area contributed by atoms with Crippen LogP contribution in [0.4, 0.5) is 5.69 Å². The fourth-order valence-electron chi connectivity index (χ4n) is 6.64. The number of hydrogen-bond acceptors (Lipinski definition) is 9. The molecule has 2 heterocycles. The number of amidine groups is 1. The van der Waals surface area contributed by atoms with Crippen LogP contribution in [0.2, 0.25) is 0 Å². The molecule has 1 amide bonds. The van der Waals surface area contributed by atoms with E-state index in [-0.39, 0.29) is 23.5 Å². The van der Waals surface area contributed by atoms with Gasteiger partial charge in [-0.05, 0) is 100.0 Å². The lowest BCUT2D eigenvalue weighted by molar-refractivity contribution is -0.117. The smallest absolute Gasteiger partial charge is 0.338 e. The van der Waals surface area contributed by atoms with Gasteiger partial charge in [0.1, 0.15) is 29.0 Å². The number of aromatic nitrogens is 1. The van der Waals surface area contributed by atoms with E-state index in [4.69, 9.17) is 26.0 Å². The molecular formula is C42H57N7O4. The summed E-state index contributed by atoms with van der Waals surface area (Å²) in [6, 6.07) is 19.0. The van der Waals surface area contributed by atoms with Gasteiger partial charge in [0.2, 0.25) is 5.91 Å². The number of amides is 1. The number of esters is 1. The lowest BCUT2D eigenvalue weighted by Gasteiger charge is -2.32. The Kier molecular flexibility index (Phi) is 14.3. The molecule has 0 spiro atoms. The number of likely N-dealkylation sites (N-methyl/N-ethyl adjacent to an activating group) is 1. The number of nitrogens with zero attached hydrogens (tertiary/aromatic N) is 3. The normalized spacial score (nSPS) is 19.0. The van der Waals surface area contributed by atoms with Crippen LogP contribution in [0, 0.1) is 16.2 Å². The van der Waals surface area contributed by atoms with Gasteiger partial charge < -0.3 is 20.5 Å². The summed E-state index contributed by atoms with van der Waals surface area (Å²) in [7, 11) is 2.06. The minimum atomic E-state index is -0.416. The molecule has 5 N–H and O–H groups in total. The molecule has 11 nitrogen and oxygen atoms in total. The monoisotopic (exact) mass is 723 g/mol. The maximum Gasteiger partial charge on any atom is 0.338 e. The third kappa shape index (κ3) is 11.2. The number of benzene rings is 2. The summed E-state index contributed by atoms with van der Waals surface area (Å²) in [5.74, 6) is 1.47. The van der Waals surface area contributed by atoms with E-state index in [1.54, 1.807) is 47.9 Å². The zero-order chi connectivity index (χ0) is 38.7. The van der Waals surface area contributed by atoms with Crippen molar-refractivity contribution >= 4 is 29.2 Å². The number of nitrogens with one attached hydrogen (secondary N) is 3. The lowest BCUT2D eigenvalue weighted by Crippen LogP contribution is -2.40. The lowest BCUT2D eigenvalue weighted by atomic mass is 9.79. The van der Waals surface area contributed by atoms with Crippen LogP contribution in [-0.2, 0) is 9.53 Å². The van der Waals surface area contributed by atoms with Gasteiger partial charge in [0.25, 0.3) is 0 Å². The Labute approximate surface area is 314 Å². The third-order valence-corrected chi connectivity index (χ3v) is 9.56. The molecule has 2 aliphatic rings. The van der Waals surface area contributed by atoms with Crippen molar-refractivity contribution in [3.8, 4) is 5.75 Å². The van der Waals surface area contributed by atoms with Gasteiger partial charge in [0.15, 0.2) is 0 Å².